The lowest BCUT2D eigenvalue weighted by Crippen LogP contribution is -2.53. The number of nitrogens with zero attached hydrogens (tertiary/aromatic N) is 1. The third-order valence-corrected chi connectivity index (χ3v) is 8.94. The molecule has 1 aromatic rings. The topological polar surface area (TPSA) is 302 Å². The van der Waals surface area contributed by atoms with Crippen molar-refractivity contribution in [2.75, 3.05) is 32.1 Å². The van der Waals surface area contributed by atoms with E-state index < -0.39 is 101 Å². The van der Waals surface area contributed by atoms with Crippen LogP contribution in [0.15, 0.2) is 18.2 Å². The summed E-state index contributed by atoms with van der Waals surface area (Å²) in [5.41, 5.74) is 1.20. The van der Waals surface area contributed by atoms with E-state index >= 15 is 0 Å². The van der Waals surface area contributed by atoms with E-state index in [1.54, 1.807) is 18.2 Å². The molecule has 0 aliphatic carbocycles. The number of hydrogen-bond donors (Lipinski definition) is 7. The van der Waals surface area contributed by atoms with Crippen LogP contribution in [-0.4, -0.2) is 143 Å². The number of aliphatic carboxylic acids is 2. The molecule has 0 unspecified atom stereocenters. The highest BCUT2D eigenvalue weighted by Crippen LogP contribution is 2.29. The van der Waals surface area contributed by atoms with Gasteiger partial charge in [-0.05, 0) is 37.3 Å². The first kappa shape index (κ1) is 43.0. The van der Waals surface area contributed by atoms with Gasteiger partial charge in [0.15, 0.2) is 6.10 Å². The Kier molecular flexibility index (Phi) is 16.4. The van der Waals surface area contributed by atoms with E-state index in [4.69, 9.17) is 28.6 Å². The summed E-state index contributed by atoms with van der Waals surface area (Å²) < 4.78 is 52.5. The first-order valence-corrected chi connectivity index (χ1v) is 18.3. The Balaban J connectivity index is 1.55. The molecule has 0 saturated carbocycles. The van der Waals surface area contributed by atoms with E-state index in [9.17, 15) is 52.5 Å². The second-order valence-electron chi connectivity index (χ2n) is 12.5. The molecule has 0 spiro atoms. The molecule has 0 aromatic heterocycles. The molecule has 20 nitrogen and oxygen atoms in total. The number of likely N-dealkylation sites (tertiary alicyclic amines) is 1. The molecule has 7 N–H and O–H groups in total. The summed E-state index contributed by atoms with van der Waals surface area (Å²) in [5.74, 6) is -5.51. The number of carbonyl (C=O) groups excluding carboxylic acids is 4. The number of rotatable bonds is 21. The minimum atomic E-state index is -4.30. The molecule has 2 aliphatic rings. The Labute approximate surface area is 304 Å². The summed E-state index contributed by atoms with van der Waals surface area (Å²) in [6.07, 6.45) is -5.52. The molecule has 3 rings (SSSR count). The van der Waals surface area contributed by atoms with Crippen LogP contribution in [0.25, 0.3) is 0 Å². The van der Waals surface area contributed by atoms with E-state index in [0.717, 1.165) is 5.56 Å². The highest BCUT2D eigenvalue weighted by atomic mass is 32.2. The number of ether oxygens (including phenoxy) is 4. The van der Waals surface area contributed by atoms with Gasteiger partial charge in [-0.2, -0.15) is 8.42 Å². The maximum atomic E-state index is 13.1. The lowest BCUT2D eigenvalue weighted by molar-refractivity contribution is -0.228. The Morgan fingerprint density at radius 1 is 1.04 bits per heavy atom. The van der Waals surface area contributed by atoms with E-state index in [2.05, 4.69) is 10.6 Å². The van der Waals surface area contributed by atoms with Gasteiger partial charge in [0.25, 0.3) is 10.1 Å². The maximum Gasteiger partial charge on any atom is 0.335 e. The number of carbonyl (C=O) groups is 6. The zero-order valence-corrected chi connectivity index (χ0v) is 29.7. The smallest absolute Gasteiger partial charge is 0.335 e. The highest BCUT2D eigenvalue weighted by molar-refractivity contribution is 7.85. The summed E-state index contributed by atoms with van der Waals surface area (Å²) in [4.78, 5) is 73.0. The number of carboxylic acids is 2. The molecule has 2 aliphatic heterocycles. The number of unbranched alkanes of at least 4 members (excludes halogenated alkanes) is 1. The predicted octanol–water partition coefficient (Wildman–Crippen LogP) is -1.66. The van der Waals surface area contributed by atoms with Crippen LogP contribution in [0.3, 0.4) is 0 Å². The molecule has 0 bridgehead atoms. The average Bonchev–Trinajstić information content (AvgIpc) is 3.35. The monoisotopic (exact) mass is 775 g/mol. The van der Waals surface area contributed by atoms with Crippen molar-refractivity contribution >= 4 is 45.7 Å². The minimum Gasteiger partial charge on any atom is -0.481 e. The minimum absolute atomic E-state index is 0.0116. The fraction of sp³-hybridized carbons (Fsp3) is 0.625. The zero-order chi connectivity index (χ0) is 39.3. The van der Waals surface area contributed by atoms with Crippen molar-refractivity contribution in [3.05, 3.63) is 29.3 Å². The molecule has 53 heavy (non-hydrogen) atoms. The summed E-state index contributed by atoms with van der Waals surface area (Å²) in [6, 6.07) is 3.26. The van der Waals surface area contributed by atoms with Gasteiger partial charge in [-0.1, -0.05) is 12.1 Å². The van der Waals surface area contributed by atoms with E-state index in [1.165, 1.54) is 11.8 Å². The van der Waals surface area contributed by atoms with Crippen LogP contribution >= 0.6 is 0 Å². The van der Waals surface area contributed by atoms with Crippen molar-refractivity contribution in [1.82, 2.24) is 15.5 Å². The zero-order valence-electron chi connectivity index (χ0n) is 28.9. The molecular weight excluding hydrogens is 730 g/mol. The molecule has 6 atom stereocenters. The molecule has 296 valence electrons. The SMILES string of the molecule is CC(=O)OCc1ccc(CCCCNC(=O)CN2C(=O)[C@@H](NC(=O)CCC(=O)O)C[C@H]2COCCS(=O)(=O)O)cc1O[C@H]1C[C@@H](O)[C@H](O)[C@@H](C(=O)O)O1. The van der Waals surface area contributed by atoms with Crippen LogP contribution in [-0.2, 0) is 66.1 Å². The van der Waals surface area contributed by atoms with Gasteiger partial charge in [0.2, 0.25) is 24.0 Å². The predicted molar refractivity (Wildman–Crippen MR) is 178 cm³/mol. The van der Waals surface area contributed by atoms with Crippen molar-refractivity contribution < 1.29 is 81.1 Å². The van der Waals surface area contributed by atoms with Gasteiger partial charge < -0.3 is 54.9 Å². The number of aliphatic hydroxyl groups is 2. The molecule has 2 saturated heterocycles. The van der Waals surface area contributed by atoms with Crippen molar-refractivity contribution in [2.24, 2.45) is 0 Å². The Morgan fingerprint density at radius 3 is 2.43 bits per heavy atom. The quantitative estimate of drug-likeness (QED) is 0.0418. The number of amides is 3. The van der Waals surface area contributed by atoms with Crippen LogP contribution < -0.4 is 15.4 Å². The highest BCUT2D eigenvalue weighted by Gasteiger charge is 2.43. The Bertz CT molecular complexity index is 1590. The first-order chi connectivity index (χ1) is 24.9. The van der Waals surface area contributed by atoms with Gasteiger partial charge in [0.1, 0.15) is 24.5 Å². The molecule has 0 radical (unpaired) electrons. The van der Waals surface area contributed by atoms with Gasteiger partial charge in [-0.15, -0.1) is 0 Å². The molecule has 2 heterocycles. The molecular formula is C32H45N3O17S. The summed E-state index contributed by atoms with van der Waals surface area (Å²) in [5, 5.41) is 43.4. The van der Waals surface area contributed by atoms with Gasteiger partial charge in [0, 0.05) is 31.9 Å². The van der Waals surface area contributed by atoms with Crippen LogP contribution in [0, 0.1) is 0 Å². The summed E-state index contributed by atoms with van der Waals surface area (Å²) in [7, 11) is -4.30. The van der Waals surface area contributed by atoms with Crippen LogP contribution in [0.5, 0.6) is 5.75 Å². The molecule has 21 heteroatoms. The number of esters is 1. The van der Waals surface area contributed by atoms with Crippen LogP contribution in [0.1, 0.15) is 56.6 Å². The molecule has 1 aromatic carbocycles. The lowest BCUT2D eigenvalue weighted by atomic mass is 10.0. The van der Waals surface area contributed by atoms with Gasteiger partial charge in [-0.3, -0.25) is 28.5 Å². The van der Waals surface area contributed by atoms with Crippen molar-refractivity contribution in [1.29, 1.82) is 0 Å². The number of hydrogen-bond acceptors (Lipinski definition) is 14. The number of carboxylic acid groups (broad SMARTS) is 2. The third-order valence-electron chi connectivity index (χ3n) is 8.26. The van der Waals surface area contributed by atoms with Gasteiger partial charge >= 0.3 is 17.9 Å². The normalized spacial score (nSPS) is 22.9. The Morgan fingerprint density at radius 2 is 1.77 bits per heavy atom. The summed E-state index contributed by atoms with van der Waals surface area (Å²) in [6.45, 7) is 0.294. The number of nitrogens with one attached hydrogen (secondary N) is 2. The summed E-state index contributed by atoms with van der Waals surface area (Å²) >= 11 is 0. The Hall–Kier alpha value is -4.41. The molecule has 3 amide bonds. The number of aliphatic hydroxyl groups excluding tert-OH is 2. The molecule has 2 fully saturated rings. The van der Waals surface area contributed by atoms with Crippen LogP contribution in [0.2, 0.25) is 0 Å². The fourth-order valence-corrected chi connectivity index (χ4v) is 5.88. The second kappa shape index (κ2) is 20.2. The van der Waals surface area contributed by atoms with Crippen molar-refractivity contribution in [3.8, 4) is 5.75 Å². The average molecular weight is 776 g/mol. The third kappa shape index (κ3) is 14.5. The van der Waals surface area contributed by atoms with Gasteiger partial charge in [-0.25, -0.2) is 4.79 Å². The van der Waals surface area contributed by atoms with Crippen LogP contribution in [0.4, 0.5) is 0 Å². The van der Waals surface area contributed by atoms with E-state index in [-0.39, 0.29) is 51.4 Å². The standard InChI is InChI=1S/C32H45N3O17S/c1-18(36)50-16-20-6-5-19(12-24(20)51-28-14-23(37)29(42)30(52-28)32(44)45)4-2-3-9-33-26(39)15-35-21(17-49-10-11-53(46,47)48)13-22(31(35)43)34-25(38)7-8-27(40)41/h5-6,12,21-23,28-30,37,42H,2-4,7-11,13-17H2,1H3,(H,33,39)(H,34,38)(H,40,41)(H,44,45)(H,46,47,48)/t21-,22-,23+,28+,29-,30-/m0/s1. The van der Waals surface area contributed by atoms with Crippen molar-refractivity contribution in [3.63, 3.8) is 0 Å². The number of aryl methyl sites for hydroxylation is 1. The fourth-order valence-electron chi connectivity index (χ4n) is 5.55. The largest absolute Gasteiger partial charge is 0.481 e. The first-order valence-electron chi connectivity index (χ1n) is 16.7. The second-order valence-corrected chi connectivity index (χ2v) is 14.1. The number of benzene rings is 1. The van der Waals surface area contributed by atoms with E-state index in [1.807, 2.05) is 0 Å². The maximum absolute atomic E-state index is 13.1. The van der Waals surface area contributed by atoms with E-state index in [0.29, 0.717) is 24.8 Å². The van der Waals surface area contributed by atoms with Crippen molar-refractivity contribution in [2.45, 2.75) is 95.2 Å². The lowest BCUT2D eigenvalue weighted by Gasteiger charge is -2.35. The van der Waals surface area contributed by atoms with Gasteiger partial charge in [0.05, 0.1) is 44.1 Å².